The molecule has 2 aromatic carbocycles. The monoisotopic (exact) mass is 404 g/mol. The molecule has 0 aliphatic rings. The number of carbonyl (C=O) groups excluding carboxylic acids is 2. The van der Waals surface area contributed by atoms with E-state index in [4.69, 9.17) is 11.6 Å². The van der Waals surface area contributed by atoms with E-state index >= 15 is 0 Å². The van der Waals surface area contributed by atoms with Crippen LogP contribution < -0.4 is 5.32 Å². The van der Waals surface area contributed by atoms with Crippen LogP contribution >= 0.6 is 23.4 Å². The van der Waals surface area contributed by atoms with Gasteiger partial charge in [-0.25, -0.2) is 0 Å². The maximum absolute atomic E-state index is 12.3. The van der Waals surface area contributed by atoms with Gasteiger partial charge < -0.3 is 10.2 Å². The lowest BCUT2D eigenvalue weighted by Crippen LogP contribution is -2.30. The Bertz CT molecular complexity index is 744. The van der Waals surface area contributed by atoms with Crippen LogP contribution in [0.1, 0.15) is 37.0 Å². The zero-order valence-electron chi connectivity index (χ0n) is 15.7. The van der Waals surface area contributed by atoms with Crippen molar-refractivity contribution in [3.05, 3.63) is 59.1 Å². The number of hydrogen-bond acceptors (Lipinski definition) is 3. The molecule has 0 radical (unpaired) electrons. The van der Waals surface area contributed by atoms with Gasteiger partial charge in [-0.05, 0) is 74.6 Å². The highest BCUT2D eigenvalue weighted by Gasteiger charge is 2.12. The van der Waals surface area contributed by atoms with Crippen LogP contribution in [0.5, 0.6) is 0 Å². The topological polar surface area (TPSA) is 49.4 Å². The van der Waals surface area contributed by atoms with Crippen molar-refractivity contribution in [3.63, 3.8) is 0 Å². The molecular weight excluding hydrogens is 380 g/mol. The summed E-state index contributed by atoms with van der Waals surface area (Å²) in [6, 6.07) is 14.8. The van der Waals surface area contributed by atoms with Crippen LogP contribution in [0.15, 0.2) is 53.4 Å². The van der Waals surface area contributed by atoms with Crippen molar-refractivity contribution >= 4 is 40.9 Å². The second-order valence-corrected chi connectivity index (χ2v) is 7.61. The maximum atomic E-state index is 12.3. The third kappa shape index (κ3) is 6.92. The molecule has 6 heteroatoms. The lowest BCUT2D eigenvalue weighted by atomic mass is 10.1. The van der Waals surface area contributed by atoms with Crippen molar-refractivity contribution < 1.29 is 9.59 Å². The standard InChI is InChI=1S/C21H25ClN2O2S/c1-3-24(4-2)21(26)16-7-11-18(12-8-16)23-20(25)6-5-15-27-19-13-9-17(22)10-14-19/h7-14H,3-6,15H2,1-2H3,(H,23,25). The van der Waals surface area contributed by atoms with E-state index in [1.54, 1.807) is 40.9 Å². The van der Waals surface area contributed by atoms with E-state index < -0.39 is 0 Å². The van der Waals surface area contributed by atoms with E-state index in [2.05, 4.69) is 5.32 Å². The van der Waals surface area contributed by atoms with Gasteiger partial charge in [-0.3, -0.25) is 9.59 Å². The Labute approximate surface area is 170 Å². The summed E-state index contributed by atoms with van der Waals surface area (Å²) in [5.41, 5.74) is 1.34. The third-order valence-electron chi connectivity index (χ3n) is 4.10. The Balaban J connectivity index is 1.75. The van der Waals surface area contributed by atoms with E-state index in [1.165, 1.54) is 0 Å². The Kier molecular flexibility index (Phi) is 8.69. The number of benzene rings is 2. The number of rotatable bonds is 9. The van der Waals surface area contributed by atoms with Crippen molar-refractivity contribution in [2.75, 3.05) is 24.2 Å². The van der Waals surface area contributed by atoms with Gasteiger partial charge in [0.2, 0.25) is 5.91 Å². The Morgan fingerprint density at radius 1 is 1.00 bits per heavy atom. The molecular formula is C21H25ClN2O2S. The zero-order valence-corrected chi connectivity index (χ0v) is 17.3. The molecule has 0 saturated carbocycles. The SMILES string of the molecule is CCN(CC)C(=O)c1ccc(NC(=O)CCCSc2ccc(Cl)cc2)cc1. The van der Waals surface area contributed by atoms with Crippen molar-refractivity contribution in [3.8, 4) is 0 Å². The van der Waals surface area contributed by atoms with Crippen LogP contribution in [0.25, 0.3) is 0 Å². The van der Waals surface area contributed by atoms with Gasteiger partial charge in [0.25, 0.3) is 5.91 Å². The van der Waals surface area contributed by atoms with Crippen molar-refractivity contribution in [2.24, 2.45) is 0 Å². The highest BCUT2D eigenvalue weighted by molar-refractivity contribution is 7.99. The Morgan fingerprint density at radius 2 is 1.63 bits per heavy atom. The summed E-state index contributed by atoms with van der Waals surface area (Å²) in [6.45, 7) is 5.28. The number of amides is 2. The molecule has 0 spiro atoms. The van der Waals surface area contributed by atoms with Gasteiger partial charge in [-0.2, -0.15) is 0 Å². The highest BCUT2D eigenvalue weighted by atomic mass is 35.5. The first-order valence-corrected chi connectivity index (χ1v) is 10.5. The Hall–Kier alpha value is -1.98. The molecule has 0 bridgehead atoms. The van der Waals surface area contributed by atoms with Crippen LogP contribution in [0, 0.1) is 0 Å². The molecule has 144 valence electrons. The van der Waals surface area contributed by atoms with Gasteiger partial charge in [0.1, 0.15) is 0 Å². The predicted molar refractivity (Wildman–Crippen MR) is 114 cm³/mol. The lowest BCUT2D eigenvalue weighted by Gasteiger charge is -2.18. The van der Waals surface area contributed by atoms with Crippen molar-refractivity contribution in [1.29, 1.82) is 0 Å². The molecule has 0 aromatic heterocycles. The number of halogens is 1. The minimum Gasteiger partial charge on any atom is -0.339 e. The van der Waals surface area contributed by atoms with Gasteiger partial charge in [0.05, 0.1) is 0 Å². The van der Waals surface area contributed by atoms with Gasteiger partial charge >= 0.3 is 0 Å². The minimum atomic E-state index is -0.0190. The van der Waals surface area contributed by atoms with E-state index in [-0.39, 0.29) is 11.8 Å². The smallest absolute Gasteiger partial charge is 0.253 e. The average Bonchev–Trinajstić information content (AvgIpc) is 2.68. The van der Waals surface area contributed by atoms with Crippen LogP contribution in [-0.2, 0) is 4.79 Å². The third-order valence-corrected chi connectivity index (χ3v) is 5.45. The molecule has 0 saturated heterocycles. The number of hydrogen-bond donors (Lipinski definition) is 1. The summed E-state index contributed by atoms with van der Waals surface area (Å²) in [4.78, 5) is 27.3. The second-order valence-electron chi connectivity index (χ2n) is 6.01. The molecule has 0 unspecified atom stereocenters. The first kappa shape index (κ1) is 21.3. The first-order chi connectivity index (χ1) is 13.0. The van der Waals surface area contributed by atoms with Crippen molar-refractivity contribution in [2.45, 2.75) is 31.6 Å². The van der Waals surface area contributed by atoms with E-state index in [0.717, 1.165) is 22.1 Å². The van der Waals surface area contributed by atoms with E-state index in [0.29, 0.717) is 30.8 Å². The molecule has 0 aliphatic heterocycles. The molecule has 2 aromatic rings. The molecule has 0 heterocycles. The fraction of sp³-hybridized carbons (Fsp3) is 0.333. The summed E-state index contributed by atoms with van der Waals surface area (Å²) in [5, 5.41) is 3.61. The number of thioether (sulfide) groups is 1. The van der Waals surface area contributed by atoms with Crippen LogP contribution in [0.3, 0.4) is 0 Å². The molecule has 2 amide bonds. The number of nitrogens with one attached hydrogen (secondary N) is 1. The fourth-order valence-electron chi connectivity index (χ4n) is 2.57. The average molecular weight is 405 g/mol. The molecule has 0 fully saturated rings. The second kappa shape index (κ2) is 11.0. The van der Waals surface area contributed by atoms with Crippen LogP contribution in [0.4, 0.5) is 5.69 Å². The minimum absolute atomic E-state index is 0.0112. The summed E-state index contributed by atoms with van der Waals surface area (Å²) in [5.74, 6) is 0.860. The van der Waals surface area contributed by atoms with Gasteiger partial charge in [0, 0.05) is 40.7 Å². The van der Waals surface area contributed by atoms with Crippen LogP contribution in [-0.4, -0.2) is 35.6 Å². The van der Waals surface area contributed by atoms with Gasteiger partial charge in [-0.15, -0.1) is 11.8 Å². The van der Waals surface area contributed by atoms with Crippen molar-refractivity contribution in [1.82, 2.24) is 4.90 Å². The Morgan fingerprint density at radius 3 is 2.22 bits per heavy atom. The maximum Gasteiger partial charge on any atom is 0.253 e. The van der Waals surface area contributed by atoms with Gasteiger partial charge in [-0.1, -0.05) is 11.6 Å². The van der Waals surface area contributed by atoms with E-state index in [9.17, 15) is 9.59 Å². The molecule has 0 aliphatic carbocycles. The molecule has 0 atom stereocenters. The van der Waals surface area contributed by atoms with Crippen LogP contribution in [0.2, 0.25) is 5.02 Å². The molecule has 4 nitrogen and oxygen atoms in total. The van der Waals surface area contributed by atoms with E-state index in [1.807, 2.05) is 38.1 Å². The fourth-order valence-corrected chi connectivity index (χ4v) is 3.55. The summed E-state index contributed by atoms with van der Waals surface area (Å²) in [6.07, 6.45) is 1.25. The summed E-state index contributed by atoms with van der Waals surface area (Å²) < 4.78 is 0. The largest absolute Gasteiger partial charge is 0.339 e. The number of anilines is 1. The number of carbonyl (C=O) groups is 2. The normalized spacial score (nSPS) is 10.5. The zero-order chi connectivity index (χ0) is 19.6. The predicted octanol–water partition coefficient (Wildman–Crippen LogP) is 5.33. The lowest BCUT2D eigenvalue weighted by molar-refractivity contribution is -0.116. The first-order valence-electron chi connectivity index (χ1n) is 9.11. The quantitative estimate of drug-likeness (QED) is 0.453. The molecule has 1 N–H and O–H groups in total. The summed E-state index contributed by atoms with van der Waals surface area (Å²) >= 11 is 7.57. The molecule has 2 rings (SSSR count). The summed E-state index contributed by atoms with van der Waals surface area (Å²) in [7, 11) is 0. The van der Waals surface area contributed by atoms with Gasteiger partial charge in [0.15, 0.2) is 0 Å². The molecule has 27 heavy (non-hydrogen) atoms. The highest BCUT2D eigenvalue weighted by Crippen LogP contribution is 2.21. The number of nitrogens with zero attached hydrogens (tertiary/aromatic N) is 1.